The molecule has 1 heterocycles. The summed E-state index contributed by atoms with van der Waals surface area (Å²) in [6.07, 6.45) is 3.77. The molecule has 0 bridgehead atoms. The molecule has 6 heteroatoms. The molecule has 0 spiro atoms. The minimum atomic E-state index is -0.286. The third-order valence-corrected chi connectivity index (χ3v) is 5.76. The van der Waals surface area contributed by atoms with Crippen LogP contribution in [0.2, 0.25) is 0 Å². The average molecular weight is 428 g/mol. The SMILES string of the molecule is Cc1cc(C(=O)NC2CCC(Nc3cc(C)c4ccccc4n3)CC2)ccc1F.Cl. The summed E-state index contributed by atoms with van der Waals surface area (Å²) in [5.41, 5.74) is 3.22. The molecule has 0 aliphatic heterocycles. The van der Waals surface area contributed by atoms with Crippen LogP contribution in [-0.4, -0.2) is 23.0 Å². The number of rotatable bonds is 4. The van der Waals surface area contributed by atoms with Crippen LogP contribution in [0.4, 0.5) is 10.2 Å². The van der Waals surface area contributed by atoms with Crippen LogP contribution in [0.25, 0.3) is 10.9 Å². The Bertz CT molecular complexity index is 1050. The summed E-state index contributed by atoms with van der Waals surface area (Å²) in [5.74, 6) is 0.498. The molecule has 30 heavy (non-hydrogen) atoms. The number of hydrogen-bond donors (Lipinski definition) is 2. The van der Waals surface area contributed by atoms with Crippen molar-refractivity contribution in [3.63, 3.8) is 0 Å². The van der Waals surface area contributed by atoms with E-state index in [1.807, 2.05) is 18.2 Å². The predicted molar refractivity (Wildman–Crippen MR) is 122 cm³/mol. The first kappa shape index (κ1) is 22.0. The molecule has 2 N–H and O–H groups in total. The number of pyridine rings is 1. The van der Waals surface area contributed by atoms with Gasteiger partial charge in [-0.05, 0) is 81.0 Å². The summed E-state index contributed by atoms with van der Waals surface area (Å²) in [7, 11) is 0. The van der Waals surface area contributed by atoms with E-state index in [4.69, 9.17) is 4.98 Å². The Labute approximate surface area is 182 Å². The Kier molecular flexibility index (Phi) is 6.93. The van der Waals surface area contributed by atoms with Crippen molar-refractivity contribution in [1.29, 1.82) is 0 Å². The number of nitrogens with zero attached hydrogens (tertiary/aromatic N) is 1. The second-order valence-electron chi connectivity index (χ2n) is 7.97. The van der Waals surface area contributed by atoms with Crippen LogP contribution in [0.3, 0.4) is 0 Å². The number of hydrogen-bond acceptors (Lipinski definition) is 3. The number of nitrogens with one attached hydrogen (secondary N) is 2. The van der Waals surface area contributed by atoms with Gasteiger partial charge < -0.3 is 10.6 Å². The first-order valence-corrected chi connectivity index (χ1v) is 10.2. The van der Waals surface area contributed by atoms with Crippen LogP contribution in [0, 0.1) is 19.7 Å². The molecule has 3 aromatic rings. The van der Waals surface area contributed by atoms with Gasteiger partial charge >= 0.3 is 0 Å². The molecule has 2 aromatic carbocycles. The first-order valence-electron chi connectivity index (χ1n) is 10.2. The number of para-hydroxylation sites is 1. The number of benzene rings is 2. The largest absolute Gasteiger partial charge is 0.367 e. The molecule has 4 rings (SSSR count). The lowest BCUT2D eigenvalue weighted by molar-refractivity contribution is 0.0926. The molecule has 1 aliphatic rings. The van der Waals surface area contributed by atoms with Gasteiger partial charge in [-0.25, -0.2) is 9.37 Å². The lowest BCUT2D eigenvalue weighted by Gasteiger charge is -2.30. The summed E-state index contributed by atoms with van der Waals surface area (Å²) in [4.78, 5) is 17.2. The molecule has 1 aliphatic carbocycles. The molecule has 1 fully saturated rings. The monoisotopic (exact) mass is 427 g/mol. The third kappa shape index (κ3) is 4.90. The molecule has 1 amide bonds. The van der Waals surface area contributed by atoms with Crippen molar-refractivity contribution in [2.45, 2.75) is 51.6 Å². The van der Waals surface area contributed by atoms with Crippen LogP contribution in [-0.2, 0) is 0 Å². The number of halogens is 2. The van der Waals surface area contributed by atoms with E-state index in [2.05, 4.69) is 29.7 Å². The Morgan fingerprint density at radius 1 is 0.967 bits per heavy atom. The second-order valence-corrected chi connectivity index (χ2v) is 7.97. The van der Waals surface area contributed by atoms with E-state index in [9.17, 15) is 9.18 Å². The fourth-order valence-electron chi connectivity index (χ4n) is 4.07. The number of carbonyl (C=O) groups excluding carboxylic acids is 1. The summed E-state index contributed by atoms with van der Waals surface area (Å²) in [5, 5.41) is 7.84. The van der Waals surface area contributed by atoms with Crippen molar-refractivity contribution in [1.82, 2.24) is 10.3 Å². The smallest absolute Gasteiger partial charge is 0.251 e. The van der Waals surface area contributed by atoms with E-state index in [1.54, 1.807) is 19.1 Å². The lowest BCUT2D eigenvalue weighted by Crippen LogP contribution is -2.40. The molecular formula is C24H27ClFN3O. The zero-order chi connectivity index (χ0) is 20.4. The minimum absolute atomic E-state index is 0. The van der Waals surface area contributed by atoms with Gasteiger partial charge in [-0.15, -0.1) is 12.4 Å². The maximum atomic E-state index is 13.4. The van der Waals surface area contributed by atoms with Crippen LogP contribution < -0.4 is 10.6 Å². The second kappa shape index (κ2) is 9.43. The predicted octanol–water partition coefficient (Wildman–Crippen LogP) is 5.57. The molecule has 1 aromatic heterocycles. The maximum Gasteiger partial charge on any atom is 0.251 e. The molecule has 0 atom stereocenters. The van der Waals surface area contributed by atoms with Gasteiger partial charge in [-0.3, -0.25) is 4.79 Å². The number of anilines is 1. The van der Waals surface area contributed by atoms with Gasteiger partial charge in [0, 0.05) is 23.0 Å². The first-order chi connectivity index (χ1) is 14.0. The molecular weight excluding hydrogens is 401 g/mol. The molecule has 4 nitrogen and oxygen atoms in total. The van der Waals surface area contributed by atoms with Gasteiger partial charge in [-0.2, -0.15) is 0 Å². The fraction of sp³-hybridized carbons (Fsp3) is 0.333. The zero-order valence-electron chi connectivity index (χ0n) is 17.2. The fourth-order valence-corrected chi connectivity index (χ4v) is 4.07. The van der Waals surface area contributed by atoms with Crippen LogP contribution >= 0.6 is 12.4 Å². The molecule has 0 saturated heterocycles. The van der Waals surface area contributed by atoms with Gasteiger partial charge in [0.05, 0.1) is 5.52 Å². The normalized spacial score (nSPS) is 18.5. The highest BCUT2D eigenvalue weighted by Gasteiger charge is 2.23. The highest BCUT2D eigenvalue weighted by molar-refractivity contribution is 5.94. The number of aromatic nitrogens is 1. The van der Waals surface area contributed by atoms with Crippen LogP contribution in [0.15, 0.2) is 48.5 Å². The van der Waals surface area contributed by atoms with Gasteiger partial charge in [0.15, 0.2) is 0 Å². The third-order valence-electron chi connectivity index (χ3n) is 5.76. The van der Waals surface area contributed by atoms with E-state index < -0.39 is 0 Å². The van der Waals surface area contributed by atoms with Crippen molar-refractivity contribution in [3.8, 4) is 0 Å². The van der Waals surface area contributed by atoms with Gasteiger partial charge in [0.1, 0.15) is 11.6 Å². The van der Waals surface area contributed by atoms with Crippen molar-refractivity contribution in [2.24, 2.45) is 0 Å². The Morgan fingerprint density at radius 3 is 2.40 bits per heavy atom. The summed E-state index contributed by atoms with van der Waals surface area (Å²) in [6, 6.07) is 15.3. The quantitative estimate of drug-likeness (QED) is 0.572. The number of carbonyl (C=O) groups is 1. The number of aryl methyl sites for hydroxylation is 2. The molecule has 1 saturated carbocycles. The highest BCUT2D eigenvalue weighted by atomic mass is 35.5. The minimum Gasteiger partial charge on any atom is -0.367 e. The van der Waals surface area contributed by atoms with Crippen molar-refractivity contribution in [3.05, 3.63) is 71.0 Å². The number of amides is 1. The van der Waals surface area contributed by atoms with Gasteiger partial charge in [0.2, 0.25) is 0 Å². The summed E-state index contributed by atoms with van der Waals surface area (Å²) >= 11 is 0. The Hall–Kier alpha value is -2.66. The van der Waals surface area contributed by atoms with E-state index in [1.165, 1.54) is 17.0 Å². The van der Waals surface area contributed by atoms with E-state index in [-0.39, 0.29) is 30.2 Å². The Balaban J connectivity index is 0.00000256. The van der Waals surface area contributed by atoms with Crippen molar-refractivity contribution in [2.75, 3.05) is 5.32 Å². The van der Waals surface area contributed by atoms with Gasteiger partial charge in [0.25, 0.3) is 5.91 Å². The van der Waals surface area contributed by atoms with E-state index in [0.29, 0.717) is 17.2 Å². The Morgan fingerprint density at radius 2 is 1.67 bits per heavy atom. The van der Waals surface area contributed by atoms with Crippen LogP contribution in [0.1, 0.15) is 47.2 Å². The highest BCUT2D eigenvalue weighted by Crippen LogP contribution is 2.25. The average Bonchev–Trinajstić information content (AvgIpc) is 2.71. The standard InChI is InChI=1S/C24H26FN3O.ClH/c1-15-14-23(28-22-6-4-3-5-20(15)22)26-18-8-10-19(11-9-18)27-24(29)17-7-12-21(25)16(2)13-17;/h3-7,12-14,18-19H,8-11H2,1-2H3,(H,26,28)(H,27,29);1H. The summed E-state index contributed by atoms with van der Waals surface area (Å²) < 4.78 is 13.4. The zero-order valence-corrected chi connectivity index (χ0v) is 18.1. The van der Waals surface area contributed by atoms with Gasteiger partial charge in [-0.1, -0.05) is 18.2 Å². The molecule has 0 unspecified atom stereocenters. The van der Waals surface area contributed by atoms with E-state index in [0.717, 1.165) is 37.0 Å². The van der Waals surface area contributed by atoms with Crippen molar-refractivity contribution < 1.29 is 9.18 Å². The van der Waals surface area contributed by atoms with Crippen molar-refractivity contribution >= 4 is 35.0 Å². The molecule has 158 valence electrons. The molecule has 0 radical (unpaired) electrons. The number of fused-ring (bicyclic) bond motifs is 1. The van der Waals surface area contributed by atoms with E-state index >= 15 is 0 Å². The van der Waals surface area contributed by atoms with Crippen LogP contribution in [0.5, 0.6) is 0 Å². The lowest BCUT2D eigenvalue weighted by atomic mass is 9.91. The maximum absolute atomic E-state index is 13.4. The summed E-state index contributed by atoms with van der Waals surface area (Å²) in [6.45, 7) is 3.78. The topological polar surface area (TPSA) is 54.0 Å².